The van der Waals surface area contributed by atoms with E-state index < -0.39 is 0 Å². The van der Waals surface area contributed by atoms with E-state index >= 15 is 0 Å². The number of H-pyrrole nitrogens is 1. The van der Waals surface area contributed by atoms with Crippen LogP contribution in [0.4, 0.5) is 5.69 Å². The van der Waals surface area contributed by atoms with Crippen LogP contribution in [0.3, 0.4) is 0 Å². The molecule has 32 heavy (non-hydrogen) atoms. The first-order chi connectivity index (χ1) is 15.6. The van der Waals surface area contributed by atoms with Crippen LogP contribution in [0.15, 0.2) is 30.6 Å². The smallest absolute Gasteiger partial charge is 0.243 e. The zero-order valence-corrected chi connectivity index (χ0v) is 18.4. The van der Waals surface area contributed by atoms with Gasteiger partial charge in [-0.05, 0) is 25.1 Å². The van der Waals surface area contributed by atoms with Gasteiger partial charge >= 0.3 is 0 Å². The minimum absolute atomic E-state index is 0.0637. The maximum Gasteiger partial charge on any atom is 0.243 e. The van der Waals surface area contributed by atoms with Gasteiger partial charge < -0.3 is 30.0 Å². The lowest BCUT2D eigenvalue weighted by molar-refractivity contribution is -0.119. The predicted octanol–water partition coefficient (Wildman–Crippen LogP) is 1.95. The quantitative estimate of drug-likeness (QED) is 0.542. The third kappa shape index (κ3) is 3.95. The number of benzene rings is 1. The van der Waals surface area contributed by atoms with Crippen molar-refractivity contribution in [2.75, 3.05) is 44.7 Å². The van der Waals surface area contributed by atoms with Gasteiger partial charge in [0.2, 0.25) is 11.8 Å². The van der Waals surface area contributed by atoms with Crippen LogP contribution in [-0.2, 0) is 4.79 Å². The van der Waals surface area contributed by atoms with Gasteiger partial charge in [0, 0.05) is 50.6 Å². The number of hydrogen-bond donors (Lipinski definition) is 3. The molecule has 2 atom stereocenters. The van der Waals surface area contributed by atoms with Crippen molar-refractivity contribution in [3.63, 3.8) is 0 Å². The van der Waals surface area contributed by atoms with Gasteiger partial charge in [0.05, 0.1) is 30.3 Å². The molecule has 3 N–H and O–H groups in total. The fraction of sp³-hybridized carbons (Fsp3) is 0.435. The molecule has 2 aromatic heterocycles. The molecule has 0 aliphatic carbocycles. The number of ether oxygens (including phenoxy) is 2. The molecular formula is C23H28N6O3. The van der Waals surface area contributed by atoms with Crippen molar-refractivity contribution >= 4 is 22.6 Å². The summed E-state index contributed by atoms with van der Waals surface area (Å²) < 4.78 is 11.9. The Kier molecular flexibility index (Phi) is 5.57. The first kappa shape index (κ1) is 20.6. The monoisotopic (exact) mass is 436 g/mol. The molecule has 0 saturated carbocycles. The topological polar surface area (TPSA) is 104 Å². The number of fused-ring (bicyclic) bond motifs is 1. The third-order valence-electron chi connectivity index (χ3n) is 6.28. The van der Waals surface area contributed by atoms with Gasteiger partial charge in [-0.3, -0.25) is 4.79 Å². The van der Waals surface area contributed by atoms with E-state index in [-0.39, 0.29) is 17.9 Å². The van der Waals surface area contributed by atoms with Gasteiger partial charge in [-0.2, -0.15) is 0 Å². The summed E-state index contributed by atoms with van der Waals surface area (Å²) in [7, 11) is 1.70. The molecule has 2 saturated heterocycles. The van der Waals surface area contributed by atoms with E-state index in [9.17, 15) is 4.79 Å². The second-order valence-corrected chi connectivity index (χ2v) is 8.33. The molecule has 2 fully saturated rings. The van der Waals surface area contributed by atoms with Crippen LogP contribution in [0.2, 0.25) is 0 Å². The van der Waals surface area contributed by atoms with Crippen molar-refractivity contribution in [2.45, 2.75) is 19.4 Å². The molecule has 9 nitrogen and oxygen atoms in total. The summed E-state index contributed by atoms with van der Waals surface area (Å²) in [4.78, 5) is 26.3. The number of nitrogens with zero attached hydrogens (tertiary/aromatic N) is 3. The Labute approximate surface area is 186 Å². The molecule has 3 aromatic rings. The van der Waals surface area contributed by atoms with Crippen molar-refractivity contribution < 1.29 is 14.3 Å². The summed E-state index contributed by atoms with van der Waals surface area (Å²) in [6, 6.07) is 8.16. The van der Waals surface area contributed by atoms with E-state index in [1.807, 2.05) is 19.1 Å². The number of methoxy groups -OCH3 is 1. The largest absolute Gasteiger partial charge is 0.495 e. The van der Waals surface area contributed by atoms with Crippen molar-refractivity contribution in [1.82, 2.24) is 25.6 Å². The van der Waals surface area contributed by atoms with E-state index in [4.69, 9.17) is 14.5 Å². The Morgan fingerprint density at radius 1 is 1.22 bits per heavy atom. The number of imidazole rings is 1. The van der Waals surface area contributed by atoms with Crippen molar-refractivity contribution in [2.24, 2.45) is 5.92 Å². The second-order valence-electron chi connectivity index (χ2n) is 8.33. The normalized spacial score (nSPS) is 19.8. The molecule has 0 radical (unpaired) electrons. The molecule has 2 aliphatic heterocycles. The van der Waals surface area contributed by atoms with Crippen LogP contribution < -0.4 is 25.0 Å². The number of piperazine rings is 1. The molecule has 4 heterocycles. The summed E-state index contributed by atoms with van der Waals surface area (Å²) in [6.07, 6.45) is 1.94. The maximum atomic E-state index is 11.6. The predicted molar refractivity (Wildman–Crippen MR) is 122 cm³/mol. The molecule has 1 amide bonds. The van der Waals surface area contributed by atoms with Gasteiger partial charge in [-0.15, -0.1) is 0 Å². The fourth-order valence-electron chi connectivity index (χ4n) is 4.38. The molecule has 1 aromatic carbocycles. The second kappa shape index (κ2) is 8.66. The van der Waals surface area contributed by atoms with E-state index in [0.717, 1.165) is 54.4 Å². The van der Waals surface area contributed by atoms with Crippen molar-refractivity contribution in [3.05, 3.63) is 30.6 Å². The number of amides is 1. The van der Waals surface area contributed by atoms with Crippen LogP contribution in [0, 0.1) is 5.92 Å². The lowest BCUT2D eigenvalue weighted by atomic mass is 10.0. The molecule has 2 aliphatic rings. The van der Waals surface area contributed by atoms with Gasteiger partial charge in [-0.1, -0.05) is 6.07 Å². The number of carbonyl (C=O) groups excluding carboxylic acids is 1. The van der Waals surface area contributed by atoms with Crippen LogP contribution in [0.1, 0.15) is 13.3 Å². The maximum absolute atomic E-state index is 11.6. The number of carbonyl (C=O) groups is 1. The zero-order valence-electron chi connectivity index (χ0n) is 18.4. The highest BCUT2D eigenvalue weighted by Gasteiger charge is 2.29. The van der Waals surface area contributed by atoms with Crippen LogP contribution in [-0.4, -0.2) is 66.8 Å². The highest BCUT2D eigenvalue weighted by Crippen LogP contribution is 2.35. The molecule has 0 bridgehead atoms. The average Bonchev–Trinajstić information content (AvgIpc) is 3.48. The van der Waals surface area contributed by atoms with E-state index in [0.29, 0.717) is 24.4 Å². The highest BCUT2D eigenvalue weighted by molar-refractivity contribution is 5.84. The van der Waals surface area contributed by atoms with Crippen LogP contribution in [0.25, 0.3) is 22.3 Å². The molecule has 0 unspecified atom stereocenters. The minimum atomic E-state index is -0.166. The number of pyridine rings is 1. The minimum Gasteiger partial charge on any atom is -0.495 e. The summed E-state index contributed by atoms with van der Waals surface area (Å²) in [5.74, 6) is 1.46. The summed E-state index contributed by atoms with van der Waals surface area (Å²) >= 11 is 0. The fourth-order valence-corrected chi connectivity index (χ4v) is 4.38. The Hall–Kier alpha value is -3.33. The number of aromatic amines is 1. The standard InChI is InChI=1S/C23H28N6O3/c1-14(16-10-21(30)25-12-16)32-23-22-18(26-13-27-22)11-17(28-23)15-3-4-19(20(9-15)31-2)29-7-5-24-6-8-29/h3-4,9,11,13-14,16,24H,5-8,10,12H2,1-2H3,(H,25,30)(H,26,27)/t14-,16-/m1/s1. The molecule has 5 rings (SSSR count). The Bertz CT molecular complexity index is 1120. The lowest BCUT2D eigenvalue weighted by Crippen LogP contribution is -2.43. The van der Waals surface area contributed by atoms with E-state index in [1.165, 1.54) is 0 Å². The SMILES string of the molecule is COc1cc(-c2cc3[nH]cnc3c(O[C@H](C)[C@H]3CNC(=O)C3)n2)ccc1N1CCNCC1. The zero-order chi connectivity index (χ0) is 22.1. The Morgan fingerprint density at radius 3 is 2.81 bits per heavy atom. The van der Waals surface area contributed by atoms with Gasteiger partial charge in [0.15, 0.2) is 5.52 Å². The first-order valence-electron chi connectivity index (χ1n) is 11.0. The first-order valence-corrected chi connectivity index (χ1v) is 11.0. The number of aromatic nitrogens is 3. The Balaban J connectivity index is 1.47. The number of hydrogen-bond acceptors (Lipinski definition) is 7. The van der Waals surface area contributed by atoms with Crippen LogP contribution in [0.5, 0.6) is 11.6 Å². The highest BCUT2D eigenvalue weighted by atomic mass is 16.5. The number of anilines is 1. The lowest BCUT2D eigenvalue weighted by Gasteiger charge is -2.30. The van der Waals surface area contributed by atoms with E-state index in [2.05, 4.69) is 37.6 Å². The van der Waals surface area contributed by atoms with E-state index in [1.54, 1.807) is 13.4 Å². The summed E-state index contributed by atoms with van der Waals surface area (Å²) in [6.45, 7) is 6.41. The molecule has 168 valence electrons. The van der Waals surface area contributed by atoms with Gasteiger partial charge in [0.1, 0.15) is 11.9 Å². The molecule has 0 spiro atoms. The average molecular weight is 437 g/mol. The van der Waals surface area contributed by atoms with Gasteiger partial charge in [0.25, 0.3) is 0 Å². The summed E-state index contributed by atoms with van der Waals surface area (Å²) in [5, 5.41) is 6.25. The summed E-state index contributed by atoms with van der Waals surface area (Å²) in [5.41, 5.74) is 4.33. The Morgan fingerprint density at radius 2 is 2.06 bits per heavy atom. The number of nitrogens with one attached hydrogen (secondary N) is 3. The van der Waals surface area contributed by atoms with Crippen molar-refractivity contribution in [1.29, 1.82) is 0 Å². The molecular weight excluding hydrogens is 408 g/mol. The molecule has 9 heteroatoms. The third-order valence-corrected chi connectivity index (χ3v) is 6.28. The van der Waals surface area contributed by atoms with Gasteiger partial charge in [-0.25, -0.2) is 9.97 Å². The van der Waals surface area contributed by atoms with Crippen LogP contribution >= 0.6 is 0 Å². The number of rotatable bonds is 6. The van der Waals surface area contributed by atoms with Crippen molar-refractivity contribution in [3.8, 4) is 22.9 Å².